The van der Waals surface area contributed by atoms with E-state index in [1.165, 1.54) is 12.1 Å². The highest BCUT2D eigenvalue weighted by Gasteiger charge is 2.06. The number of nitrogens with one attached hydrogen (secondary N) is 1. The molecule has 2 nitrogen and oxygen atoms in total. The summed E-state index contributed by atoms with van der Waals surface area (Å²) in [5.74, 6) is 0.359. The highest BCUT2D eigenvalue weighted by molar-refractivity contribution is 7.85. The lowest BCUT2D eigenvalue weighted by atomic mass is 10.2. The van der Waals surface area contributed by atoms with Crippen LogP contribution in [0.4, 0.5) is 4.39 Å². The lowest BCUT2D eigenvalue weighted by molar-refractivity contribution is 0.509. The van der Waals surface area contributed by atoms with Gasteiger partial charge in [-0.05, 0) is 57.0 Å². The summed E-state index contributed by atoms with van der Waals surface area (Å²) in [5.41, 5.74) is 0. The molecule has 0 aromatic heterocycles. The largest absolute Gasteiger partial charge is 0.314 e. The van der Waals surface area contributed by atoms with E-state index in [2.05, 4.69) is 19.2 Å². The minimum absolute atomic E-state index is 0.284. The maximum Gasteiger partial charge on any atom is 0.123 e. The summed E-state index contributed by atoms with van der Waals surface area (Å²) >= 11 is 0. The fourth-order valence-electron chi connectivity index (χ4n) is 1.72. The van der Waals surface area contributed by atoms with Crippen LogP contribution in [0.2, 0.25) is 0 Å². The van der Waals surface area contributed by atoms with Crippen LogP contribution in [0.3, 0.4) is 0 Å². The molecule has 1 rings (SSSR count). The van der Waals surface area contributed by atoms with E-state index in [0.29, 0.717) is 16.7 Å². The molecule has 0 aliphatic carbocycles. The molecule has 0 aliphatic rings. The van der Waals surface area contributed by atoms with Crippen LogP contribution in [0.1, 0.15) is 33.1 Å². The lowest BCUT2D eigenvalue weighted by Crippen LogP contribution is -2.26. The minimum Gasteiger partial charge on any atom is -0.314 e. The summed E-state index contributed by atoms with van der Waals surface area (Å²) in [5, 5.41) is 3.40. The van der Waals surface area contributed by atoms with Crippen LogP contribution in [0.15, 0.2) is 29.2 Å². The molecule has 0 amide bonds. The van der Waals surface area contributed by atoms with Crippen molar-refractivity contribution in [3.8, 4) is 0 Å². The van der Waals surface area contributed by atoms with Crippen LogP contribution in [0, 0.1) is 5.82 Å². The molecular weight excluding hydrogens is 249 g/mol. The molecule has 0 saturated carbocycles. The Kier molecular flexibility index (Phi) is 7.13. The van der Waals surface area contributed by atoms with E-state index in [1.54, 1.807) is 12.1 Å². The Balaban J connectivity index is 2.27. The van der Waals surface area contributed by atoms with E-state index in [1.807, 2.05) is 0 Å². The van der Waals surface area contributed by atoms with Crippen molar-refractivity contribution in [2.24, 2.45) is 0 Å². The summed E-state index contributed by atoms with van der Waals surface area (Å²) < 4.78 is 24.6. The lowest BCUT2D eigenvalue weighted by Gasteiger charge is -2.12. The molecule has 18 heavy (non-hydrogen) atoms. The predicted molar refractivity (Wildman–Crippen MR) is 74.7 cm³/mol. The SMILES string of the molecule is CCCNC(C)CCCS(=O)c1ccc(F)cc1. The third kappa shape index (κ3) is 5.74. The Bertz CT molecular complexity index is 367. The Morgan fingerprint density at radius 3 is 2.61 bits per heavy atom. The molecule has 1 aromatic rings. The highest BCUT2D eigenvalue weighted by Crippen LogP contribution is 2.10. The summed E-state index contributed by atoms with van der Waals surface area (Å²) in [7, 11) is -1.01. The summed E-state index contributed by atoms with van der Waals surface area (Å²) in [4.78, 5) is 0.713. The molecule has 1 aromatic carbocycles. The molecule has 1 N–H and O–H groups in total. The van der Waals surface area contributed by atoms with E-state index in [9.17, 15) is 8.60 Å². The zero-order chi connectivity index (χ0) is 13.4. The van der Waals surface area contributed by atoms with Crippen molar-refractivity contribution in [2.45, 2.75) is 44.0 Å². The van der Waals surface area contributed by atoms with Crippen molar-refractivity contribution in [3.63, 3.8) is 0 Å². The van der Waals surface area contributed by atoms with E-state index in [-0.39, 0.29) is 5.82 Å². The molecule has 102 valence electrons. The van der Waals surface area contributed by atoms with Crippen molar-refractivity contribution in [1.29, 1.82) is 0 Å². The first-order valence-electron chi connectivity index (χ1n) is 6.50. The molecule has 0 spiro atoms. The van der Waals surface area contributed by atoms with Crippen LogP contribution in [-0.2, 0) is 10.8 Å². The van der Waals surface area contributed by atoms with Crippen molar-refractivity contribution in [1.82, 2.24) is 5.32 Å². The number of hydrogen-bond acceptors (Lipinski definition) is 2. The third-order valence-corrected chi connectivity index (χ3v) is 4.24. The topological polar surface area (TPSA) is 29.1 Å². The second kappa shape index (κ2) is 8.38. The molecule has 0 saturated heterocycles. The number of rotatable bonds is 8. The minimum atomic E-state index is -1.01. The standard InChI is InChI=1S/C14H22FNOS/c1-3-10-16-12(2)5-4-11-18(17)14-8-6-13(15)7-9-14/h6-9,12,16H,3-5,10-11H2,1-2H3. The zero-order valence-electron chi connectivity index (χ0n) is 11.1. The Morgan fingerprint density at radius 2 is 2.00 bits per heavy atom. The summed E-state index contributed by atoms with van der Waals surface area (Å²) in [6.45, 7) is 5.32. The van der Waals surface area contributed by atoms with Gasteiger partial charge in [0.15, 0.2) is 0 Å². The van der Waals surface area contributed by atoms with Crippen LogP contribution in [-0.4, -0.2) is 22.5 Å². The highest BCUT2D eigenvalue weighted by atomic mass is 32.2. The van der Waals surface area contributed by atoms with Gasteiger partial charge in [0.05, 0.1) is 10.8 Å². The number of hydrogen-bond donors (Lipinski definition) is 1. The van der Waals surface area contributed by atoms with Crippen LogP contribution in [0.25, 0.3) is 0 Å². The fourth-order valence-corrected chi connectivity index (χ4v) is 2.82. The second-order valence-electron chi connectivity index (χ2n) is 4.50. The number of halogens is 1. The van der Waals surface area contributed by atoms with Crippen LogP contribution in [0.5, 0.6) is 0 Å². The van der Waals surface area contributed by atoms with Crippen molar-refractivity contribution < 1.29 is 8.60 Å². The van der Waals surface area contributed by atoms with Gasteiger partial charge in [0.1, 0.15) is 5.82 Å². The van der Waals surface area contributed by atoms with Crippen molar-refractivity contribution in [3.05, 3.63) is 30.1 Å². The molecule has 0 bridgehead atoms. The molecular formula is C14H22FNOS. The third-order valence-electron chi connectivity index (χ3n) is 2.79. The smallest absolute Gasteiger partial charge is 0.123 e. The maximum atomic E-state index is 12.7. The molecule has 4 heteroatoms. The molecule has 0 fully saturated rings. The number of benzene rings is 1. The summed E-state index contributed by atoms with van der Waals surface area (Å²) in [6, 6.07) is 6.39. The average molecular weight is 271 g/mol. The van der Waals surface area contributed by atoms with Gasteiger partial charge in [-0.25, -0.2) is 4.39 Å². The maximum absolute atomic E-state index is 12.7. The second-order valence-corrected chi connectivity index (χ2v) is 6.07. The fraction of sp³-hybridized carbons (Fsp3) is 0.571. The normalized spacial score (nSPS) is 14.4. The van der Waals surface area contributed by atoms with E-state index < -0.39 is 10.8 Å². The molecule has 0 radical (unpaired) electrons. The van der Waals surface area contributed by atoms with Crippen LogP contribution < -0.4 is 5.32 Å². The van der Waals surface area contributed by atoms with Gasteiger partial charge in [0, 0.05) is 16.7 Å². The van der Waals surface area contributed by atoms with Gasteiger partial charge in [-0.1, -0.05) is 6.92 Å². The first-order valence-corrected chi connectivity index (χ1v) is 7.82. The quantitative estimate of drug-likeness (QED) is 0.787. The Hall–Kier alpha value is -0.740. The Morgan fingerprint density at radius 1 is 1.33 bits per heavy atom. The van der Waals surface area contributed by atoms with Gasteiger partial charge in [0.2, 0.25) is 0 Å². The van der Waals surface area contributed by atoms with Gasteiger partial charge in [0.25, 0.3) is 0 Å². The first-order chi connectivity index (χ1) is 8.63. The van der Waals surface area contributed by atoms with Gasteiger partial charge in [-0.3, -0.25) is 4.21 Å². The summed E-state index contributed by atoms with van der Waals surface area (Å²) in [6.07, 6.45) is 3.07. The van der Waals surface area contributed by atoms with Crippen molar-refractivity contribution >= 4 is 10.8 Å². The van der Waals surface area contributed by atoms with E-state index in [4.69, 9.17) is 0 Å². The van der Waals surface area contributed by atoms with E-state index >= 15 is 0 Å². The van der Waals surface area contributed by atoms with Gasteiger partial charge >= 0.3 is 0 Å². The van der Waals surface area contributed by atoms with E-state index in [0.717, 1.165) is 25.8 Å². The van der Waals surface area contributed by atoms with Gasteiger partial charge < -0.3 is 5.32 Å². The van der Waals surface area contributed by atoms with Crippen LogP contribution >= 0.6 is 0 Å². The zero-order valence-corrected chi connectivity index (χ0v) is 11.9. The predicted octanol–water partition coefficient (Wildman–Crippen LogP) is 3.10. The van der Waals surface area contributed by atoms with Gasteiger partial charge in [-0.15, -0.1) is 0 Å². The Labute approximate surface area is 111 Å². The average Bonchev–Trinajstić information content (AvgIpc) is 2.37. The van der Waals surface area contributed by atoms with Crippen molar-refractivity contribution in [2.75, 3.05) is 12.3 Å². The molecule has 0 heterocycles. The first kappa shape index (κ1) is 15.3. The van der Waals surface area contributed by atoms with Gasteiger partial charge in [-0.2, -0.15) is 0 Å². The molecule has 2 unspecified atom stereocenters. The molecule has 2 atom stereocenters. The molecule has 0 aliphatic heterocycles. The monoisotopic (exact) mass is 271 g/mol.